The average molecular weight is 619 g/mol. The number of rotatable bonds is 9. The van der Waals surface area contributed by atoms with Crippen LogP contribution in [-0.2, 0) is 12.0 Å². The molecule has 0 spiro atoms. The third-order valence-corrected chi connectivity index (χ3v) is 9.80. The average Bonchev–Trinajstić information content (AvgIpc) is 3.46. The summed E-state index contributed by atoms with van der Waals surface area (Å²) in [6.45, 7) is 4.93. The van der Waals surface area contributed by atoms with Crippen LogP contribution in [0.2, 0.25) is 0 Å². The molecule has 232 valence electrons. The predicted octanol–water partition coefficient (Wildman–Crippen LogP) is 11.1. The zero-order chi connectivity index (χ0) is 32.9. The molecule has 0 aliphatic heterocycles. The summed E-state index contributed by atoms with van der Waals surface area (Å²) in [5.74, 6) is 0.120. The van der Waals surface area contributed by atoms with Crippen molar-refractivity contribution in [3.05, 3.63) is 208 Å². The van der Waals surface area contributed by atoms with Gasteiger partial charge in [0, 0.05) is 5.56 Å². The molecule has 2 nitrogen and oxygen atoms in total. The summed E-state index contributed by atoms with van der Waals surface area (Å²) in [5, 5.41) is 11.0. The first-order valence-corrected chi connectivity index (χ1v) is 16.8. The third kappa shape index (κ3) is 5.38. The van der Waals surface area contributed by atoms with Crippen molar-refractivity contribution in [3.63, 3.8) is 0 Å². The van der Waals surface area contributed by atoms with E-state index in [0.717, 1.165) is 34.4 Å². The van der Waals surface area contributed by atoms with Crippen molar-refractivity contribution in [2.75, 3.05) is 0 Å². The Morgan fingerprint density at radius 3 is 1.77 bits per heavy atom. The van der Waals surface area contributed by atoms with E-state index in [1.165, 1.54) is 33.4 Å². The lowest BCUT2D eigenvalue weighted by Crippen LogP contribution is -2.28. The van der Waals surface area contributed by atoms with Crippen molar-refractivity contribution in [2.45, 2.75) is 32.2 Å². The van der Waals surface area contributed by atoms with Crippen LogP contribution >= 0.6 is 0 Å². The van der Waals surface area contributed by atoms with Gasteiger partial charge in [-0.15, -0.1) is 0 Å². The zero-order valence-electron chi connectivity index (χ0n) is 27.5. The SMILES string of the molecule is CCC(C)/C(=C(C#N)\C(=N/Cc1ccccc1)c1ccccc1)c1ccc2c(c1)C(c1ccccc1)(c1ccccc1)c1ccccc1-2. The summed E-state index contributed by atoms with van der Waals surface area (Å²) in [6.07, 6.45) is 0.890. The van der Waals surface area contributed by atoms with E-state index in [1.54, 1.807) is 0 Å². The third-order valence-electron chi connectivity index (χ3n) is 9.80. The van der Waals surface area contributed by atoms with Gasteiger partial charge in [-0.05, 0) is 68.5 Å². The molecular formula is C46H38N2. The fourth-order valence-corrected chi connectivity index (χ4v) is 7.40. The maximum Gasteiger partial charge on any atom is 0.102 e. The highest BCUT2D eigenvalue weighted by atomic mass is 14.7. The summed E-state index contributed by atoms with van der Waals surface area (Å²) in [7, 11) is 0. The Balaban J connectivity index is 1.51. The number of nitrogens with zero attached hydrogens (tertiary/aromatic N) is 2. The van der Waals surface area contributed by atoms with Crippen LogP contribution in [0.5, 0.6) is 0 Å². The van der Waals surface area contributed by atoms with Crippen molar-refractivity contribution in [3.8, 4) is 17.2 Å². The van der Waals surface area contributed by atoms with Gasteiger partial charge in [-0.25, -0.2) is 0 Å². The number of allylic oxidation sites excluding steroid dienone is 2. The number of nitriles is 1. The Labute approximate surface area is 284 Å². The highest BCUT2D eigenvalue weighted by Crippen LogP contribution is 2.56. The standard InChI is InChI=1S/C46H38N2/c1-3-33(2)44(41(31-47)45(35-20-10-5-11-21-35)48-32-34-18-8-4-9-19-34)36-28-29-40-39-26-16-17-27-42(39)46(43(40)30-36,37-22-12-6-13-23-37)38-24-14-7-15-25-38/h4-30,33H,3,32H2,1-2H3/b44-41+,48-45-. The molecule has 1 aliphatic rings. The molecule has 6 aromatic carbocycles. The van der Waals surface area contributed by atoms with Gasteiger partial charge >= 0.3 is 0 Å². The van der Waals surface area contributed by atoms with Gasteiger partial charge in [0.1, 0.15) is 6.07 Å². The lowest BCUT2D eigenvalue weighted by molar-refractivity contribution is 0.715. The summed E-state index contributed by atoms with van der Waals surface area (Å²) in [5.41, 5.74) is 12.4. The quantitative estimate of drug-likeness (QED) is 0.117. The second-order valence-corrected chi connectivity index (χ2v) is 12.5. The molecule has 1 unspecified atom stereocenters. The fourth-order valence-electron chi connectivity index (χ4n) is 7.40. The Morgan fingerprint density at radius 1 is 0.625 bits per heavy atom. The van der Waals surface area contributed by atoms with E-state index in [1.807, 2.05) is 36.4 Å². The number of hydrogen-bond donors (Lipinski definition) is 0. The highest BCUT2D eigenvalue weighted by Gasteiger charge is 2.46. The molecule has 0 fully saturated rings. The van der Waals surface area contributed by atoms with Crippen LogP contribution < -0.4 is 0 Å². The van der Waals surface area contributed by atoms with Gasteiger partial charge in [0.05, 0.1) is 23.2 Å². The largest absolute Gasteiger partial charge is 0.279 e. The van der Waals surface area contributed by atoms with E-state index in [2.05, 4.69) is 147 Å². The number of hydrogen-bond acceptors (Lipinski definition) is 2. The van der Waals surface area contributed by atoms with E-state index >= 15 is 0 Å². The molecule has 2 heteroatoms. The number of fused-ring (bicyclic) bond motifs is 3. The normalized spacial score (nSPS) is 14.3. The molecule has 0 radical (unpaired) electrons. The minimum atomic E-state index is -0.512. The van der Waals surface area contributed by atoms with Crippen LogP contribution in [0.15, 0.2) is 174 Å². The van der Waals surface area contributed by atoms with Crippen LogP contribution in [0.25, 0.3) is 16.7 Å². The van der Waals surface area contributed by atoms with Crippen LogP contribution in [0, 0.1) is 17.2 Å². The summed E-state index contributed by atoms with van der Waals surface area (Å²) in [6, 6.07) is 60.5. The monoisotopic (exact) mass is 618 g/mol. The molecule has 1 atom stereocenters. The van der Waals surface area contributed by atoms with Crippen molar-refractivity contribution in [1.82, 2.24) is 0 Å². The molecule has 0 N–H and O–H groups in total. The molecule has 48 heavy (non-hydrogen) atoms. The Kier molecular flexibility index (Phi) is 8.69. The molecule has 0 saturated heterocycles. The van der Waals surface area contributed by atoms with E-state index in [-0.39, 0.29) is 5.92 Å². The van der Waals surface area contributed by atoms with Crippen molar-refractivity contribution in [1.29, 1.82) is 5.26 Å². The predicted molar refractivity (Wildman–Crippen MR) is 199 cm³/mol. The van der Waals surface area contributed by atoms with Gasteiger partial charge in [0.15, 0.2) is 0 Å². The lowest BCUT2D eigenvalue weighted by Gasteiger charge is -2.34. The summed E-state index contributed by atoms with van der Waals surface area (Å²) >= 11 is 0. The molecule has 1 aliphatic carbocycles. The Hall–Kier alpha value is -5.78. The van der Waals surface area contributed by atoms with Crippen molar-refractivity contribution >= 4 is 11.3 Å². The van der Waals surface area contributed by atoms with Crippen LogP contribution in [0.4, 0.5) is 0 Å². The fraction of sp³-hybridized carbons (Fsp3) is 0.130. The number of aliphatic imine (C=N–C) groups is 1. The zero-order valence-corrected chi connectivity index (χ0v) is 27.5. The van der Waals surface area contributed by atoms with Gasteiger partial charge in [0.25, 0.3) is 0 Å². The second-order valence-electron chi connectivity index (χ2n) is 12.5. The number of benzene rings is 6. The molecule has 0 heterocycles. The molecule has 0 aromatic heterocycles. The minimum absolute atomic E-state index is 0.120. The van der Waals surface area contributed by atoms with Crippen LogP contribution in [0.3, 0.4) is 0 Å². The molecule has 0 bridgehead atoms. The van der Waals surface area contributed by atoms with E-state index < -0.39 is 5.41 Å². The minimum Gasteiger partial charge on any atom is -0.279 e. The van der Waals surface area contributed by atoms with E-state index in [0.29, 0.717) is 12.1 Å². The van der Waals surface area contributed by atoms with Crippen LogP contribution in [0.1, 0.15) is 59.2 Å². The summed E-state index contributed by atoms with van der Waals surface area (Å²) in [4.78, 5) is 5.16. The summed E-state index contributed by atoms with van der Waals surface area (Å²) < 4.78 is 0. The van der Waals surface area contributed by atoms with Crippen molar-refractivity contribution in [2.24, 2.45) is 10.9 Å². The first-order chi connectivity index (χ1) is 23.7. The van der Waals surface area contributed by atoms with Crippen LogP contribution in [-0.4, -0.2) is 5.71 Å². The highest BCUT2D eigenvalue weighted by molar-refractivity contribution is 6.19. The van der Waals surface area contributed by atoms with Gasteiger partial charge < -0.3 is 0 Å². The molecular weight excluding hydrogens is 581 g/mol. The molecule has 7 rings (SSSR count). The van der Waals surface area contributed by atoms with Gasteiger partial charge in [-0.3, -0.25) is 4.99 Å². The molecule has 6 aromatic rings. The second kappa shape index (κ2) is 13.5. The maximum absolute atomic E-state index is 11.0. The Bertz CT molecular complexity index is 2100. The van der Waals surface area contributed by atoms with E-state index in [9.17, 15) is 5.26 Å². The Morgan fingerprint density at radius 2 is 1.17 bits per heavy atom. The van der Waals surface area contributed by atoms with E-state index in [4.69, 9.17) is 4.99 Å². The maximum atomic E-state index is 11.0. The molecule has 0 amide bonds. The smallest absolute Gasteiger partial charge is 0.102 e. The first kappa shape index (κ1) is 30.9. The lowest BCUT2D eigenvalue weighted by atomic mass is 9.67. The van der Waals surface area contributed by atoms with Gasteiger partial charge in [-0.2, -0.15) is 5.26 Å². The van der Waals surface area contributed by atoms with Gasteiger partial charge in [-0.1, -0.05) is 172 Å². The topological polar surface area (TPSA) is 36.1 Å². The van der Waals surface area contributed by atoms with Gasteiger partial charge in [0.2, 0.25) is 0 Å². The molecule has 0 saturated carbocycles. The first-order valence-electron chi connectivity index (χ1n) is 16.8. The van der Waals surface area contributed by atoms with Crippen molar-refractivity contribution < 1.29 is 0 Å².